The van der Waals surface area contributed by atoms with E-state index < -0.39 is 11.7 Å². The molecule has 0 spiro atoms. The Bertz CT molecular complexity index is 350. The molecule has 1 aromatic carbocycles. The first-order valence-corrected chi connectivity index (χ1v) is 5.39. The third-order valence-corrected chi connectivity index (χ3v) is 2.66. The summed E-state index contributed by atoms with van der Waals surface area (Å²) >= 11 is 5.78. The van der Waals surface area contributed by atoms with Gasteiger partial charge in [0.25, 0.3) is 0 Å². The first-order chi connectivity index (χ1) is 7.46. The molecule has 0 bridgehead atoms. The minimum atomic E-state index is -4.34. The number of nitrogens with two attached hydrogens (primary N) is 1. The number of benzene rings is 1. The van der Waals surface area contributed by atoms with Gasteiger partial charge in [-0.25, -0.2) is 0 Å². The lowest BCUT2D eigenvalue weighted by atomic mass is 10.0. The summed E-state index contributed by atoms with van der Waals surface area (Å²) in [6.07, 6.45) is -2.72. The molecule has 0 saturated heterocycles. The van der Waals surface area contributed by atoms with Crippen molar-refractivity contribution in [2.24, 2.45) is 5.73 Å². The molecule has 0 aliphatic carbocycles. The smallest absolute Gasteiger partial charge is 0.330 e. The van der Waals surface area contributed by atoms with Gasteiger partial charge in [-0.05, 0) is 43.5 Å². The SMILES string of the molecule is NCCCCc1c(Cl)cccc1C(F)(F)F. The predicted molar refractivity (Wildman–Crippen MR) is 58.4 cm³/mol. The number of halogens is 4. The van der Waals surface area contributed by atoms with Crippen LogP contribution in [0.4, 0.5) is 13.2 Å². The fraction of sp³-hybridized carbons (Fsp3) is 0.455. The summed E-state index contributed by atoms with van der Waals surface area (Å²) in [6, 6.07) is 3.86. The Morgan fingerprint density at radius 2 is 1.88 bits per heavy atom. The molecule has 0 aliphatic heterocycles. The Kier molecular flexibility index (Phi) is 4.62. The van der Waals surface area contributed by atoms with Crippen LogP contribution < -0.4 is 5.73 Å². The molecular weight excluding hydrogens is 239 g/mol. The van der Waals surface area contributed by atoms with Crippen LogP contribution in [0.25, 0.3) is 0 Å². The number of hydrogen-bond acceptors (Lipinski definition) is 1. The largest absolute Gasteiger partial charge is 0.416 e. The van der Waals surface area contributed by atoms with Gasteiger partial charge in [-0.3, -0.25) is 0 Å². The lowest BCUT2D eigenvalue weighted by molar-refractivity contribution is -0.138. The summed E-state index contributed by atoms with van der Waals surface area (Å²) in [5.74, 6) is 0. The average molecular weight is 252 g/mol. The maximum absolute atomic E-state index is 12.7. The summed E-state index contributed by atoms with van der Waals surface area (Å²) in [4.78, 5) is 0. The molecule has 0 unspecified atom stereocenters. The van der Waals surface area contributed by atoms with Gasteiger partial charge < -0.3 is 5.73 Å². The van der Waals surface area contributed by atoms with Crippen LogP contribution in [0.1, 0.15) is 24.0 Å². The van der Waals surface area contributed by atoms with Gasteiger partial charge in [0, 0.05) is 5.02 Å². The monoisotopic (exact) mass is 251 g/mol. The van der Waals surface area contributed by atoms with E-state index in [-0.39, 0.29) is 10.6 Å². The lowest BCUT2D eigenvalue weighted by Gasteiger charge is -2.13. The first-order valence-electron chi connectivity index (χ1n) is 5.01. The maximum atomic E-state index is 12.7. The van der Waals surface area contributed by atoms with Gasteiger partial charge in [-0.15, -0.1) is 0 Å². The van der Waals surface area contributed by atoms with Gasteiger partial charge in [0.15, 0.2) is 0 Å². The molecular formula is C11H13ClF3N. The molecule has 1 aromatic rings. The van der Waals surface area contributed by atoms with Crippen LogP contribution >= 0.6 is 11.6 Å². The molecule has 0 amide bonds. The Morgan fingerprint density at radius 1 is 1.19 bits per heavy atom. The molecule has 5 heteroatoms. The van der Waals surface area contributed by atoms with E-state index in [9.17, 15) is 13.2 Å². The van der Waals surface area contributed by atoms with Crippen molar-refractivity contribution < 1.29 is 13.2 Å². The van der Waals surface area contributed by atoms with Crippen molar-refractivity contribution in [2.75, 3.05) is 6.54 Å². The molecule has 1 nitrogen and oxygen atoms in total. The van der Waals surface area contributed by atoms with Gasteiger partial charge in [-0.1, -0.05) is 17.7 Å². The van der Waals surface area contributed by atoms with E-state index in [0.717, 1.165) is 6.07 Å². The molecule has 0 atom stereocenters. The van der Waals surface area contributed by atoms with E-state index in [1.807, 2.05) is 0 Å². The van der Waals surface area contributed by atoms with Crippen molar-refractivity contribution >= 4 is 11.6 Å². The van der Waals surface area contributed by atoms with Crippen molar-refractivity contribution in [3.05, 3.63) is 34.3 Å². The summed E-state index contributed by atoms with van der Waals surface area (Å²) in [7, 11) is 0. The third kappa shape index (κ3) is 3.39. The minimum absolute atomic E-state index is 0.171. The highest BCUT2D eigenvalue weighted by Crippen LogP contribution is 2.35. The Balaban J connectivity index is 2.95. The molecule has 0 fully saturated rings. The Labute approximate surface area is 97.4 Å². The molecule has 0 heterocycles. The summed E-state index contributed by atoms with van der Waals surface area (Å²) in [5, 5.41) is 0.173. The van der Waals surface area contributed by atoms with Gasteiger partial charge in [0.1, 0.15) is 0 Å². The van der Waals surface area contributed by atoms with E-state index in [4.69, 9.17) is 17.3 Å². The highest BCUT2D eigenvalue weighted by atomic mass is 35.5. The molecule has 90 valence electrons. The van der Waals surface area contributed by atoms with Crippen molar-refractivity contribution in [3.63, 3.8) is 0 Å². The quantitative estimate of drug-likeness (QED) is 0.813. The lowest BCUT2D eigenvalue weighted by Crippen LogP contribution is -2.10. The summed E-state index contributed by atoms with van der Waals surface area (Å²) in [6.45, 7) is 0.478. The van der Waals surface area contributed by atoms with Gasteiger partial charge in [-0.2, -0.15) is 13.2 Å². The van der Waals surface area contributed by atoms with Crippen molar-refractivity contribution in [2.45, 2.75) is 25.4 Å². The summed E-state index contributed by atoms with van der Waals surface area (Å²) in [5.41, 5.74) is 4.83. The van der Waals surface area contributed by atoms with E-state index in [2.05, 4.69) is 0 Å². The topological polar surface area (TPSA) is 26.0 Å². The molecule has 16 heavy (non-hydrogen) atoms. The molecule has 0 aromatic heterocycles. The Hall–Kier alpha value is -0.740. The third-order valence-electron chi connectivity index (χ3n) is 2.31. The summed E-state index contributed by atoms with van der Waals surface area (Å²) < 4.78 is 38.0. The van der Waals surface area contributed by atoms with E-state index >= 15 is 0 Å². The van der Waals surface area contributed by atoms with Gasteiger partial charge >= 0.3 is 6.18 Å². The highest BCUT2D eigenvalue weighted by molar-refractivity contribution is 6.31. The van der Waals surface area contributed by atoms with Crippen LogP contribution in [0.3, 0.4) is 0 Å². The second kappa shape index (κ2) is 5.55. The van der Waals surface area contributed by atoms with Gasteiger partial charge in [0.2, 0.25) is 0 Å². The van der Waals surface area contributed by atoms with Crippen LogP contribution in [0.2, 0.25) is 5.02 Å². The van der Waals surface area contributed by atoms with Crippen LogP contribution in [-0.2, 0) is 12.6 Å². The standard InChI is InChI=1S/C11H13ClF3N/c12-10-6-3-5-9(11(13,14)15)8(10)4-1-2-7-16/h3,5-6H,1-2,4,7,16H2. The number of alkyl halides is 3. The molecule has 1 rings (SSSR count). The normalized spacial score (nSPS) is 11.8. The molecule has 2 N–H and O–H groups in total. The van der Waals surface area contributed by atoms with Crippen LogP contribution in [0.15, 0.2) is 18.2 Å². The van der Waals surface area contributed by atoms with Gasteiger partial charge in [0.05, 0.1) is 5.56 Å². The van der Waals surface area contributed by atoms with Crippen molar-refractivity contribution in [1.29, 1.82) is 0 Å². The predicted octanol–water partition coefficient (Wildman–Crippen LogP) is 3.64. The fourth-order valence-electron chi connectivity index (χ4n) is 1.52. The first kappa shape index (κ1) is 13.3. The molecule has 0 saturated carbocycles. The number of rotatable bonds is 4. The Morgan fingerprint density at radius 3 is 2.44 bits per heavy atom. The van der Waals surface area contributed by atoms with Crippen LogP contribution in [0.5, 0.6) is 0 Å². The molecule has 0 radical (unpaired) electrons. The highest BCUT2D eigenvalue weighted by Gasteiger charge is 2.33. The number of hydrogen-bond donors (Lipinski definition) is 1. The van der Waals surface area contributed by atoms with Crippen LogP contribution in [-0.4, -0.2) is 6.54 Å². The van der Waals surface area contributed by atoms with E-state index in [0.29, 0.717) is 25.8 Å². The van der Waals surface area contributed by atoms with E-state index in [1.165, 1.54) is 12.1 Å². The molecule has 0 aliphatic rings. The van der Waals surface area contributed by atoms with Crippen molar-refractivity contribution in [1.82, 2.24) is 0 Å². The van der Waals surface area contributed by atoms with E-state index in [1.54, 1.807) is 0 Å². The van der Waals surface area contributed by atoms with Crippen LogP contribution in [0, 0.1) is 0 Å². The second-order valence-corrected chi connectivity index (χ2v) is 3.92. The van der Waals surface area contributed by atoms with Crippen molar-refractivity contribution in [3.8, 4) is 0 Å². The fourth-order valence-corrected chi connectivity index (χ4v) is 1.79. The second-order valence-electron chi connectivity index (χ2n) is 3.51. The minimum Gasteiger partial charge on any atom is -0.330 e. The zero-order chi connectivity index (χ0) is 12.2. The average Bonchev–Trinajstić information content (AvgIpc) is 2.19. The zero-order valence-electron chi connectivity index (χ0n) is 8.65. The maximum Gasteiger partial charge on any atom is 0.416 e. The zero-order valence-corrected chi connectivity index (χ0v) is 9.41. The number of unbranched alkanes of at least 4 members (excludes halogenated alkanes) is 1.